The van der Waals surface area contributed by atoms with Gasteiger partial charge in [-0.1, -0.05) is 24.3 Å². The summed E-state index contributed by atoms with van der Waals surface area (Å²) in [4.78, 5) is 46.4. The number of fused-ring (bicyclic) bond motifs is 1. The van der Waals surface area contributed by atoms with Crippen LogP contribution < -0.4 is 10.2 Å². The summed E-state index contributed by atoms with van der Waals surface area (Å²) in [6.45, 7) is 0.941. The van der Waals surface area contributed by atoms with Gasteiger partial charge in [0.25, 0.3) is 0 Å². The van der Waals surface area contributed by atoms with Crippen LogP contribution >= 0.6 is 0 Å². The molecule has 0 spiro atoms. The van der Waals surface area contributed by atoms with Gasteiger partial charge >= 0.3 is 5.97 Å². The standard InChI is InChI=1S/C32H35FN4O4/c1-36(2)17-6-5-10-28(38)37(3)25-14-12-24(13-15-25)34-31(22-9-7-8-21(18-22)19-29(39)41-4)30-26-16-11-23(33)20-27(26)35-32(30)40/h7-9,11-16,18,20,30H,5-6,10,17,19H2,1-4H3,(H,35,40). The zero-order valence-electron chi connectivity index (χ0n) is 23.8. The highest BCUT2D eigenvalue weighted by molar-refractivity contribution is 6.24. The molecule has 1 atom stereocenters. The average Bonchev–Trinajstić information content (AvgIpc) is 3.28. The molecule has 2 amide bonds. The molecule has 0 saturated carbocycles. The monoisotopic (exact) mass is 558 g/mol. The predicted molar refractivity (Wildman–Crippen MR) is 158 cm³/mol. The molecule has 1 unspecified atom stereocenters. The number of aliphatic imine (C=N–C) groups is 1. The van der Waals surface area contributed by atoms with Crippen molar-refractivity contribution in [1.29, 1.82) is 0 Å². The Morgan fingerprint density at radius 3 is 2.46 bits per heavy atom. The Hall–Kier alpha value is -4.37. The summed E-state index contributed by atoms with van der Waals surface area (Å²) in [5.74, 6) is -1.90. The molecule has 3 aromatic carbocycles. The summed E-state index contributed by atoms with van der Waals surface area (Å²) < 4.78 is 18.7. The minimum Gasteiger partial charge on any atom is -0.469 e. The lowest BCUT2D eigenvalue weighted by molar-refractivity contribution is -0.139. The number of carbonyl (C=O) groups is 3. The van der Waals surface area contributed by atoms with Gasteiger partial charge < -0.3 is 19.9 Å². The number of anilines is 2. The summed E-state index contributed by atoms with van der Waals surface area (Å²) >= 11 is 0. The second kappa shape index (κ2) is 13.3. The maximum absolute atomic E-state index is 13.9. The number of unbranched alkanes of at least 4 members (excludes halogenated alkanes) is 1. The van der Waals surface area contributed by atoms with E-state index in [1.165, 1.54) is 19.2 Å². The number of esters is 1. The SMILES string of the molecule is COC(=O)Cc1cccc(C(=Nc2ccc(N(C)C(=O)CCCCN(C)C)cc2)C2C(=O)Nc3cc(F)ccc32)c1. The fraction of sp³-hybridized carbons (Fsp3) is 0.312. The van der Waals surface area contributed by atoms with Crippen molar-refractivity contribution in [2.45, 2.75) is 31.6 Å². The first kappa shape index (κ1) is 29.6. The molecule has 214 valence electrons. The minimum atomic E-state index is -0.787. The second-order valence-corrected chi connectivity index (χ2v) is 10.3. The Bertz CT molecular complexity index is 1450. The van der Waals surface area contributed by atoms with Crippen LogP contribution in [0.4, 0.5) is 21.5 Å². The summed E-state index contributed by atoms with van der Waals surface area (Å²) in [7, 11) is 7.11. The number of ether oxygens (including phenoxy) is 1. The molecule has 1 N–H and O–H groups in total. The molecule has 1 aliphatic rings. The van der Waals surface area contributed by atoms with Crippen molar-refractivity contribution in [2.75, 3.05) is 45.0 Å². The van der Waals surface area contributed by atoms with E-state index in [-0.39, 0.29) is 24.2 Å². The maximum Gasteiger partial charge on any atom is 0.309 e. The molecule has 0 radical (unpaired) electrons. The molecule has 9 heteroatoms. The number of nitrogens with one attached hydrogen (secondary N) is 1. The van der Waals surface area contributed by atoms with E-state index in [1.807, 2.05) is 38.4 Å². The number of amides is 2. The van der Waals surface area contributed by atoms with Crippen LogP contribution in [0.1, 0.15) is 41.9 Å². The Balaban J connectivity index is 1.65. The number of rotatable bonds is 11. The fourth-order valence-corrected chi connectivity index (χ4v) is 4.79. The van der Waals surface area contributed by atoms with Crippen LogP contribution in [0.3, 0.4) is 0 Å². The van der Waals surface area contributed by atoms with Gasteiger partial charge in [-0.25, -0.2) is 4.39 Å². The van der Waals surface area contributed by atoms with Crippen LogP contribution in [0.15, 0.2) is 71.7 Å². The van der Waals surface area contributed by atoms with Crippen LogP contribution in [0, 0.1) is 5.82 Å². The first-order valence-electron chi connectivity index (χ1n) is 13.5. The summed E-state index contributed by atoms with van der Waals surface area (Å²) in [5.41, 5.74) is 4.15. The molecular formula is C32H35FN4O4. The fourth-order valence-electron chi connectivity index (χ4n) is 4.79. The van der Waals surface area contributed by atoms with Crippen molar-refractivity contribution in [3.63, 3.8) is 0 Å². The number of nitrogens with zero attached hydrogens (tertiary/aromatic N) is 3. The van der Waals surface area contributed by atoms with Crippen LogP contribution in [0.5, 0.6) is 0 Å². The molecule has 0 saturated heterocycles. The van der Waals surface area contributed by atoms with Gasteiger partial charge in [0.2, 0.25) is 11.8 Å². The number of benzene rings is 3. The molecule has 41 heavy (non-hydrogen) atoms. The third kappa shape index (κ3) is 7.43. The van der Waals surface area contributed by atoms with Crippen LogP contribution in [-0.2, 0) is 25.5 Å². The van der Waals surface area contributed by atoms with Crippen LogP contribution in [0.25, 0.3) is 0 Å². The quantitative estimate of drug-likeness (QED) is 0.201. The van der Waals surface area contributed by atoms with E-state index in [1.54, 1.807) is 42.3 Å². The zero-order chi connectivity index (χ0) is 29.5. The van der Waals surface area contributed by atoms with Crippen LogP contribution in [0.2, 0.25) is 0 Å². The highest BCUT2D eigenvalue weighted by atomic mass is 19.1. The molecule has 0 aliphatic carbocycles. The number of carbonyl (C=O) groups excluding carboxylic acids is 3. The molecule has 3 aromatic rings. The summed E-state index contributed by atoms with van der Waals surface area (Å²) in [6, 6.07) is 18.7. The molecule has 0 aromatic heterocycles. The number of hydrogen-bond acceptors (Lipinski definition) is 6. The Labute approximate surface area is 239 Å². The summed E-state index contributed by atoms with van der Waals surface area (Å²) in [6.07, 6.45) is 2.30. The van der Waals surface area contributed by atoms with Gasteiger partial charge in [-0.05, 0) is 92.6 Å². The van der Waals surface area contributed by atoms with Crippen LogP contribution in [-0.4, -0.2) is 63.2 Å². The first-order valence-corrected chi connectivity index (χ1v) is 13.5. The van der Waals surface area contributed by atoms with E-state index in [2.05, 4.69) is 10.2 Å². The molecule has 4 rings (SSSR count). The normalized spacial score (nSPS) is 14.5. The van der Waals surface area contributed by atoms with E-state index in [4.69, 9.17) is 9.73 Å². The highest BCUT2D eigenvalue weighted by Gasteiger charge is 2.35. The number of halogens is 1. The Morgan fingerprint density at radius 1 is 1.00 bits per heavy atom. The number of methoxy groups -OCH3 is 1. The molecule has 1 heterocycles. The Kier molecular flexibility index (Phi) is 9.62. The van der Waals surface area contributed by atoms with Gasteiger partial charge in [0.1, 0.15) is 11.7 Å². The van der Waals surface area contributed by atoms with E-state index in [0.717, 1.165) is 25.1 Å². The van der Waals surface area contributed by atoms with Gasteiger partial charge in [-0.3, -0.25) is 19.4 Å². The van der Waals surface area contributed by atoms with Gasteiger partial charge in [0.15, 0.2) is 0 Å². The van der Waals surface area contributed by atoms with Crippen molar-refractivity contribution >= 4 is 40.6 Å². The van der Waals surface area contributed by atoms with Gasteiger partial charge in [-0.15, -0.1) is 0 Å². The third-order valence-electron chi connectivity index (χ3n) is 7.03. The Morgan fingerprint density at radius 2 is 1.76 bits per heavy atom. The van der Waals surface area contributed by atoms with Crippen molar-refractivity contribution < 1.29 is 23.5 Å². The smallest absolute Gasteiger partial charge is 0.309 e. The summed E-state index contributed by atoms with van der Waals surface area (Å²) in [5, 5.41) is 2.76. The van der Waals surface area contributed by atoms with E-state index in [0.29, 0.717) is 40.2 Å². The second-order valence-electron chi connectivity index (χ2n) is 10.3. The van der Waals surface area contributed by atoms with E-state index in [9.17, 15) is 18.8 Å². The largest absolute Gasteiger partial charge is 0.469 e. The number of hydrogen-bond donors (Lipinski definition) is 1. The van der Waals surface area contributed by atoms with Gasteiger partial charge in [-0.2, -0.15) is 0 Å². The van der Waals surface area contributed by atoms with Gasteiger partial charge in [0, 0.05) is 24.8 Å². The topological polar surface area (TPSA) is 91.3 Å². The van der Waals surface area contributed by atoms with Gasteiger partial charge in [0.05, 0.1) is 24.9 Å². The van der Waals surface area contributed by atoms with E-state index >= 15 is 0 Å². The predicted octanol–water partition coefficient (Wildman–Crippen LogP) is 5.09. The average molecular weight is 559 g/mol. The lowest BCUT2D eigenvalue weighted by Gasteiger charge is -2.18. The van der Waals surface area contributed by atoms with Crippen molar-refractivity contribution in [2.24, 2.45) is 4.99 Å². The maximum atomic E-state index is 13.9. The molecule has 0 fully saturated rings. The lowest BCUT2D eigenvalue weighted by atomic mass is 9.89. The molecule has 8 nitrogen and oxygen atoms in total. The molecular weight excluding hydrogens is 523 g/mol. The van der Waals surface area contributed by atoms with Crippen molar-refractivity contribution in [1.82, 2.24) is 4.90 Å². The third-order valence-corrected chi connectivity index (χ3v) is 7.03. The minimum absolute atomic E-state index is 0.0367. The highest BCUT2D eigenvalue weighted by Crippen LogP contribution is 2.37. The first-order chi connectivity index (χ1) is 19.7. The lowest BCUT2D eigenvalue weighted by Crippen LogP contribution is -2.26. The molecule has 1 aliphatic heterocycles. The van der Waals surface area contributed by atoms with Crippen molar-refractivity contribution in [3.05, 3.63) is 89.2 Å². The zero-order valence-corrected chi connectivity index (χ0v) is 23.8. The van der Waals surface area contributed by atoms with Crippen molar-refractivity contribution in [3.8, 4) is 0 Å². The van der Waals surface area contributed by atoms with E-state index < -0.39 is 11.7 Å². The molecule has 0 bridgehead atoms.